The van der Waals surface area contributed by atoms with Gasteiger partial charge >= 0.3 is 0 Å². The van der Waals surface area contributed by atoms with Crippen LogP contribution < -0.4 is 14.2 Å². The van der Waals surface area contributed by atoms with Crippen LogP contribution in [0.3, 0.4) is 0 Å². The molecule has 0 saturated carbocycles. The number of rotatable bonds is 4. The molecule has 5 aromatic rings. The first-order valence-electron chi connectivity index (χ1n) is 12.5. The van der Waals surface area contributed by atoms with Crippen LogP contribution in [0, 0.1) is 0 Å². The van der Waals surface area contributed by atoms with Crippen molar-refractivity contribution in [2.75, 3.05) is 14.2 Å². The molecule has 0 fully saturated rings. The van der Waals surface area contributed by atoms with Crippen molar-refractivity contribution in [2.45, 2.75) is 12.0 Å². The highest BCUT2D eigenvalue weighted by Gasteiger charge is 2.40. The van der Waals surface area contributed by atoms with Crippen LogP contribution in [0.1, 0.15) is 27.8 Å². The summed E-state index contributed by atoms with van der Waals surface area (Å²) in [7, 11) is 3.38. The van der Waals surface area contributed by atoms with E-state index in [1.54, 1.807) is 14.2 Å². The van der Waals surface area contributed by atoms with E-state index in [4.69, 9.17) is 14.2 Å². The summed E-state index contributed by atoms with van der Waals surface area (Å²) in [5.74, 6) is 2.57. The van der Waals surface area contributed by atoms with Crippen LogP contribution in [0.25, 0.3) is 28.0 Å². The quantitative estimate of drug-likeness (QED) is 0.257. The molecule has 0 N–H and O–H groups in total. The van der Waals surface area contributed by atoms with E-state index in [-0.39, 0.29) is 0 Å². The molecule has 1 heterocycles. The van der Waals surface area contributed by atoms with Crippen molar-refractivity contribution >= 4 is 16.8 Å². The Kier molecular flexibility index (Phi) is 4.87. The molecule has 0 amide bonds. The van der Waals surface area contributed by atoms with Gasteiger partial charge in [0, 0.05) is 22.3 Å². The van der Waals surface area contributed by atoms with Gasteiger partial charge in [-0.15, -0.1) is 0 Å². The van der Waals surface area contributed by atoms with Crippen molar-refractivity contribution < 1.29 is 14.2 Å². The topological polar surface area (TPSA) is 27.7 Å². The van der Waals surface area contributed by atoms with Crippen LogP contribution in [-0.4, -0.2) is 14.2 Å². The second-order valence-corrected chi connectivity index (χ2v) is 9.60. The molecule has 7 rings (SSSR count). The molecule has 3 heteroatoms. The third-order valence-electron chi connectivity index (χ3n) is 7.76. The summed E-state index contributed by atoms with van der Waals surface area (Å²) < 4.78 is 18.2. The Morgan fingerprint density at radius 3 is 1.92 bits per heavy atom. The Labute approximate surface area is 216 Å². The van der Waals surface area contributed by atoms with E-state index < -0.39 is 5.60 Å². The number of benzene rings is 5. The van der Waals surface area contributed by atoms with E-state index in [2.05, 4.69) is 84.9 Å². The highest BCUT2D eigenvalue weighted by molar-refractivity contribution is 6.04. The molecule has 0 radical (unpaired) electrons. The standard InChI is InChI=1S/C34H26O3/c1-35-25-15-11-23(12-16-25)34(24-13-17-26(36-2)18-14-24)20-19-30-28-9-5-6-10-29(28)31-21-22-7-3-4-8-27(22)32(31)33(30)37-34/h3-20H,21H2,1-2H3. The summed E-state index contributed by atoms with van der Waals surface area (Å²) in [5.41, 5.74) is 7.54. The normalized spacial score (nSPS) is 14.4. The summed E-state index contributed by atoms with van der Waals surface area (Å²) in [5, 5.41) is 2.51. The number of methoxy groups -OCH3 is 2. The molecule has 0 spiro atoms. The van der Waals surface area contributed by atoms with Crippen molar-refractivity contribution in [1.82, 2.24) is 0 Å². The van der Waals surface area contributed by atoms with Crippen molar-refractivity contribution in [3.63, 3.8) is 0 Å². The summed E-state index contributed by atoms with van der Waals surface area (Å²) in [4.78, 5) is 0. The van der Waals surface area contributed by atoms with Crippen molar-refractivity contribution in [1.29, 1.82) is 0 Å². The molecule has 0 atom stereocenters. The average molecular weight is 483 g/mol. The smallest absolute Gasteiger partial charge is 0.178 e. The molecule has 5 aromatic carbocycles. The lowest BCUT2D eigenvalue weighted by Gasteiger charge is -2.37. The van der Waals surface area contributed by atoms with Crippen molar-refractivity contribution in [3.05, 3.63) is 131 Å². The molecule has 0 aromatic heterocycles. The number of fused-ring (bicyclic) bond motifs is 8. The zero-order valence-corrected chi connectivity index (χ0v) is 20.8. The van der Waals surface area contributed by atoms with E-state index in [9.17, 15) is 0 Å². The third kappa shape index (κ3) is 3.20. The summed E-state index contributed by atoms with van der Waals surface area (Å²) in [6, 6.07) is 33.7. The van der Waals surface area contributed by atoms with Crippen LogP contribution in [0.2, 0.25) is 0 Å². The summed E-state index contributed by atoms with van der Waals surface area (Å²) in [6.45, 7) is 0. The first-order chi connectivity index (χ1) is 18.2. The van der Waals surface area contributed by atoms with E-state index in [0.29, 0.717) is 0 Å². The number of ether oxygens (including phenoxy) is 3. The van der Waals surface area contributed by atoms with Gasteiger partial charge in [-0.1, -0.05) is 72.8 Å². The van der Waals surface area contributed by atoms with Gasteiger partial charge < -0.3 is 14.2 Å². The molecule has 2 aliphatic rings. The fourth-order valence-corrected chi connectivity index (χ4v) is 5.91. The average Bonchev–Trinajstić information content (AvgIpc) is 3.37. The van der Waals surface area contributed by atoms with E-state index in [0.717, 1.165) is 40.4 Å². The Hall–Kier alpha value is -4.50. The van der Waals surface area contributed by atoms with E-state index in [1.807, 2.05) is 24.3 Å². The van der Waals surface area contributed by atoms with Gasteiger partial charge in [0.25, 0.3) is 0 Å². The molecule has 1 aliphatic heterocycles. The second-order valence-electron chi connectivity index (χ2n) is 9.60. The van der Waals surface area contributed by atoms with E-state index in [1.165, 1.54) is 33.0 Å². The number of hydrogen-bond donors (Lipinski definition) is 0. The molecule has 180 valence electrons. The SMILES string of the molecule is COc1ccc(C2(c3ccc(OC)cc3)C=Cc3c(c4c(c5ccccc35)Cc3ccccc3-4)O2)cc1. The molecular formula is C34H26O3. The largest absolute Gasteiger partial charge is 0.497 e. The van der Waals surface area contributed by atoms with Gasteiger partial charge in [0.2, 0.25) is 0 Å². The van der Waals surface area contributed by atoms with Gasteiger partial charge in [0.1, 0.15) is 17.2 Å². The predicted molar refractivity (Wildman–Crippen MR) is 149 cm³/mol. The molecule has 0 bridgehead atoms. The first kappa shape index (κ1) is 21.8. The number of hydrogen-bond acceptors (Lipinski definition) is 3. The zero-order valence-electron chi connectivity index (χ0n) is 20.8. The first-order valence-corrected chi connectivity index (χ1v) is 12.5. The Morgan fingerprint density at radius 2 is 1.27 bits per heavy atom. The minimum atomic E-state index is -0.806. The Morgan fingerprint density at radius 1 is 0.676 bits per heavy atom. The van der Waals surface area contributed by atoms with Crippen LogP contribution in [0.5, 0.6) is 17.2 Å². The van der Waals surface area contributed by atoms with Crippen molar-refractivity contribution in [3.8, 4) is 28.4 Å². The van der Waals surface area contributed by atoms with Crippen LogP contribution >= 0.6 is 0 Å². The third-order valence-corrected chi connectivity index (χ3v) is 7.76. The Balaban J connectivity index is 1.51. The second kappa shape index (κ2) is 8.28. The highest BCUT2D eigenvalue weighted by atomic mass is 16.5. The maximum Gasteiger partial charge on any atom is 0.178 e. The summed E-state index contributed by atoms with van der Waals surface area (Å²) in [6.07, 6.45) is 5.35. The van der Waals surface area contributed by atoms with E-state index >= 15 is 0 Å². The minimum absolute atomic E-state index is 0.806. The van der Waals surface area contributed by atoms with Gasteiger partial charge in [-0.05, 0) is 70.3 Å². The van der Waals surface area contributed by atoms with Crippen LogP contribution in [0.15, 0.2) is 103 Å². The minimum Gasteiger partial charge on any atom is -0.497 e. The molecule has 3 nitrogen and oxygen atoms in total. The maximum atomic E-state index is 7.28. The molecule has 37 heavy (non-hydrogen) atoms. The molecular weight excluding hydrogens is 456 g/mol. The van der Waals surface area contributed by atoms with Crippen molar-refractivity contribution in [2.24, 2.45) is 0 Å². The fourth-order valence-electron chi connectivity index (χ4n) is 5.91. The summed E-state index contributed by atoms with van der Waals surface area (Å²) >= 11 is 0. The maximum absolute atomic E-state index is 7.28. The van der Waals surface area contributed by atoms with Gasteiger partial charge in [-0.25, -0.2) is 0 Å². The zero-order chi connectivity index (χ0) is 25.0. The predicted octanol–water partition coefficient (Wildman–Crippen LogP) is 7.78. The van der Waals surface area contributed by atoms with Crippen LogP contribution in [-0.2, 0) is 12.0 Å². The van der Waals surface area contributed by atoms with Gasteiger partial charge in [-0.3, -0.25) is 0 Å². The van der Waals surface area contributed by atoms with Gasteiger partial charge in [-0.2, -0.15) is 0 Å². The molecule has 1 aliphatic carbocycles. The lowest BCUT2D eigenvalue weighted by molar-refractivity contribution is 0.162. The monoisotopic (exact) mass is 482 g/mol. The van der Waals surface area contributed by atoms with Gasteiger partial charge in [0.15, 0.2) is 5.60 Å². The Bertz CT molecular complexity index is 1630. The lowest BCUT2D eigenvalue weighted by atomic mass is 9.82. The fraction of sp³-hybridized carbons (Fsp3) is 0.118. The van der Waals surface area contributed by atoms with Gasteiger partial charge in [0.05, 0.1) is 14.2 Å². The lowest BCUT2D eigenvalue weighted by Crippen LogP contribution is -2.34. The van der Waals surface area contributed by atoms with Crippen LogP contribution in [0.4, 0.5) is 0 Å². The highest BCUT2D eigenvalue weighted by Crippen LogP contribution is 2.53. The molecule has 0 saturated heterocycles. The molecule has 0 unspecified atom stereocenters.